The fourth-order valence-corrected chi connectivity index (χ4v) is 2.63. The molecule has 1 saturated heterocycles. The number of hydrogen-bond acceptors (Lipinski definition) is 2. The van der Waals surface area contributed by atoms with Gasteiger partial charge in [0.1, 0.15) is 0 Å². The number of ether oxygens (including phenoxy) is 1. The van der Waals surface area contributed by atoms with Crippen LogP contribution in [0.3, 0.4) is 0 Å². The standard InChI is InChI=1S/C10H19NO/c1-8-4-3-5-10(8)7-11-6-9(2)12-10/h8-9,11H,3-7H2,1-2H3. The van der Waals surface area contributed by atoms with Gasteiger partial charge in [-0.3, -0.25) is 0 Å². The quantitative estimate of drug-likeness (QED) is 0.594. The summed E-state index contributed by atoms with van der Waals surface area (Å²) in [4.78, 5) is 0. The maximum absolute atomic E-state index is 6.08. The summed E-state index contributed by atoms with van der Waals surface area (Å²) in [6, 6.07) is 0. The van der Waals surface area contributed by atoms with Crippen molar-refractivity contribution in [3.05, 3.63) is 0 Å². The largest absolute Gasteiger partial charge is 0.369 e. The van der Waals surface area contributed by atoms with E-state index in [0.29, 0.717) is 6.10 Å². The monoisotopic (exact) mass is 169 g/mol. The molecule has 0 bridgehead atoms. The van der Waals surface area contributed by atoms with E-state index in [4.69, 9.17) is 4.74 Å². The van der Waals surface area contributed by atoms with Crippen LogP contribution in [0.25, 0.3) is 0 Å². The van der Waals surface area contributed by atoms with Gasteiger partial charge in [-0.05, 0) is 25.7 Å². The van der Waals surface area contributed by atoms with E-state index in [9.17, 15) is 0 Å². The highest BCUT2D eigenvalue weighted by molar-refractivity contribution is 4.96. The summed E-state index contributed by atoms with van der Waals surface area (Å²) in [6.07, 6.45) is 4.34. The predicted octanol–water partition coefficient (Wildman–Crippen LogP) is 1.55. The third-order valence-electron chi connectivity index (χ3n) is 3.43. The Morgan fingerprint density at radius 2 is 2.25 bits per heavy atom. The van der Waals surface area contributed by atoms with Crippen LogP contribution in [0, 0.1) is 5.92 Å². The van der Waals surface area contributed by atoms with Gasteiger partial charge in [0.25, 0.3) is 0 Å². The summed E-state index contributed by atoms with van der Waals surface area (Å²) in [5.74, 6) is 0.743. The van der Waals surface area contributed by atoms with Crippen molar-refractivity contribution in [1.29, 1.82) is 0 Å². The molecule has 0 aromatic rings. The SMILES string of the molecule is CC1CNCC2(CCCC2C)O1. The lowest BCUT2D eigenvalue weighted by Crippen LogP contribution is -2.54. The van der Waals surface area contributed by atoms with Crippen LogP contribution in [-0.2, 0) is 4.74 Å². The van der Waals surface area contributed by atoms with Gasteiger partial charge in [0.05, 0.1) is 11.7 Å². The van der Waals surface area contributed by atoms with Crippen molar-refractivity contribution in [2.24, 2.45) is 5.92 Å². The van der Waals surface area contributed by atoms with Gasteiger partial charge in [0.15, 0.2) is 0 Å². The molecule has 0 aromatic carbocycles. The van der Waals surface area contributed by atoms with Gasteiger partial charge in [-0.1, -0.05) is 13.3 Å². The first kappa shape index (κ1) is 8.52. The van der Waals surface area contributed by atoms with Crippen molar-refractivity contribution in [2.75, 3.05) is 13.1 Å². The zero-order chi connectivity index (χ0) is 8.60. The van der Waals surface area contributed by atoms with Crippen molar-refractivity contribution in [3.63, 3.8) is 0 Å². The minimum absolute atomic E-state index is 0.192. The van der Waals surface area contributed by atoms with Crippen molar-refractivity contribution >= 4 is 0 Å². The van der Waals surface area contributed by atoms with E-state index in [0.717, 1.165) is 19.0 Å². The van der Waals surface area contributed by atoms with Crippen LogP contribution in [0.15, 0.2) is 0 Å². The molecule has 2 rings (SSSR count). The third kappa shape index (κ3) is 1.27. The topological polar surface area (TPSA) is 21.3 Å². The molecule has 1 heterocycles. The molecule has 1 spiro atoms. The first-order valence-corrected chi connectivity index (χ1v) is 5.11. The maximum atomic E-state index is 6.08. The molecule has 12 heavy (non-hydrogen) atoms. The summed E-state index contributed by atoms with van der Waals surface area (Å²) in [6.45, 7) is 6.58. The molecule has 1 aliphatic carbocycles. The average molecular weight is 169 g/mol. The van der Waals surface area contributed by atoms with Gasteiger partial charge < -0.3 is 10.1 Å². The molecule has 0 amide bonds. The van der Waals surface area contributed by atoms with Crippen molar-refractivity contribution in [2.45, 2.75) is 44.8 Å². The Morgan fingerprint density at radius 1 is 1.42 bits per heavy atom. The van der Waals surface area contributed by atoms with Gasteiger partial charge in [0.2, 0.25) is 0 Å². The molecular weight excluding hydrogens is 150 g/mol. The molecule has 2 nitrogen and oxygen atoms in total. The second kappa shape index (κ2) is 3.00. The van der Waals surface area contributed by atoms with Crippen LogP contribution < -0.4 is 5.32 Å². The fraction of sp³-hybridized carbons (Fsp3) is 1.00. The minimum Gasteiger partial charge on any atom is -0.369 e. The zero-order valence-electron chi connectivity index (χ0n) is 8.10. The molecule has 3 unspecified atom stereocenters. The normalized spacial score (nSPS) is 48.5. The summed E-state index contributed by atoms with van der Waals surface area (Å²) in [7, 11) is 0. The Hall–Kier alpha value is -0.0800. The van der Waals surface area contributed by atoms with E-state index >= 15 is 0 Å². The zero-order valence-corrected chi connectivity index (χ0v) is 8.10. The predicted molar refractivity (Wildman–Crippen MR) is 49.2 cm³/mol. The summed E-state index contributed by atoms with van der Waals surface area (Å²) in [5, 5.41) is 3.47. The van der Waals surface area contributed by atoms with Gasteiger partial charge in [-0.2, -0.15) is 0 Å². The molecule has 1 aliphatic heterocycles. The Morgan fingerprint density at radius 3 is 2.83 bits per heavy atom. The van der Waals surface area contributed by atoms with Crippen LogP contribution in [-0.4, -0.2) is 24.8 Å². The Labute approximate surface area is 74.7 Å². The van der Waals surface area contributed by atoms with E-state index in [-0.39, 0.29) is 5.60 Å². The number of nitrogens with one attached hydrogen (secondary N) is 1. The van der Waals surface area contributed by atoms with Crippen molar-refractivity contribution in [3.8, 4) is 0 Å². The van der Waals surface area contributed by atoms with Gasteiger partial charge in [-0.25, -0.2) is 0 Å². The van der Waals surface area contributed by atoms with Crippen LogP contribution in [0.1, 0.15) is 33.1 Å². The molecule has 70 valence electrons. The Kier molecular flexibility index (Phi) is 2.13. The molecule has 0 radical (unpaired) electrons. The fourth-order valence-electron chi connectivity index (χ4n) is 2.63. The van der Waals surface area contributed by atoms with E-state index in [2.05, 4.69) is 19.2 Å². The van der Waals surface area contributed by atoms with Crippen LogP contribution >= 0.6 is 0 Å². The lowest BCUT2D eigenvalue weighted by molar-refractivity contribution is -0.126. The van der Waals surface area contributed by atoms with Crippen LogP contribution in [0.5, 0.6) is 0 Å². The van der Waals surface area contributed by atoms with E-state index in [1.54, 1.807) is 0 Å². The molecule has 0 aromatic heterocycles. The van der Waals surface area contributed by atoms with E-state index in [1.807, 2.05) is 0 Å². The highest BCUT2D eigenvalue weighted by Gasteiger charge is 2.43. The minimum atomic E-state index is 0.192. The second-order valence-electron chi connectivity index (χ2n) is 4.42. The molecule has 1 N–H and O–H groups in total. The van der Waals surface area contributed by atoms with Crippen LogP contribution in [0.2, 0.25) is 0 Å². The third-order valence-corrected chi connectivity index (χ3v) is 3.43. The first-order valence-electron chi connectivity index (χ1n) is 5.11. The van der Waals surface area contributed by atoms with E-state index < -0.39 is 0 Å². The molecule has 1 saturated carbocycles. The maximum Gasteiger partial charge on any atom is 0.0835 e. The second-order valence-corrected chi connectivity index (χ2v) is 4.42. The van der Waals surface area contributed by atoms with Gasteiger partial charge in [0, 0.05) is 13.1 Å². The van der Waals surface area contributed by atoms with Crippen molar-refractivity contribution < 1.29 is 4.74 Å². The summed E-state index contributed by atoms with van der Waals surface area (Å²) < 4.78 is 6.08. The van der Waals surface area contributed by atoms with E-state index in [1.165, 1.54) is 19.3 Å². The summed E-state index contributed by atoms with van der Waals surface area (Å²) in [5.41, 5.74) is 0.192. The highest BCUT2D eigenvalue weighted by Crippen LogP contribution is 2.40. The van der Waals surface area contributed by atoms with Crippen molar-refractivity contribution in [1.82, 2.24) is 5.32 Å². The van der Waals surface area contributed by atoms with Gasteiger partial charge >= 0.3 is 0 Å². The van der Waals surface area contributed by atoms with Crippen LogP contribution in [0.4, 0.5) is 0 Å². The lowest BCUT2D eigenvalue weighted by atomic mass is 9.90. The molecule has 2 fully saturated rings. The Bertz CT molecular complexity index is 171. The number of hydrogen-bond donors (Lipinski definition) is 1. The molecular formula is C10H19NO. The molecule has 2 heteroatoms. The smallest absolute Gasteiger partial charge is 0.0835 e. The first-order chi connectivity index (χ1) is 5.73. The van der Waals surface area contributed by atoms with Gasteiger partial charge in [-0.15, -0.1) is 0 Å². The molecule has 3 atom stereocenters. The average Bonchev–Trinajstić information content (AvgIpc) is 2.33. The number of morpholine rings is 1. The molecule has 2 aliphatic rings. The highest BCUT2D eigenvalue weighted by atomic mass is 16.5. The number of rotatable bonds is 0. The Balaban J connectivity index is 2.08. The lowest BCUT2D eigenvalue weighted by Gasteiger charge is -2.41. The summed E-state index contributed by atoms with van der Waals surface area (Å²) >= 11 is 0.